The lowest BCUT2D eigenvalue weighted by atomic mass is 10.2. The molecule has 0 bridgehead atoms. The van der Waals surface area contributed by atoms with E-state index in [2.05, 4.69) is 10.3 Å². The van der Waals surface area contributed by atoms with Crippen LogP contribution in [0.1, 0.15) is 12.0 Å². The monoisotopic (exact) mass is 293 g/mol. The van der Waals surface area contributed by atoms with E-state index in [0.29, 0.717) is 25.9 Å². The summed E-state index contributed by atoms with van der Waals surface area (Å²) in [6.07, 6.45) is 4.16. The van der Waals surface area contributed by atoms with Gasteiger partial charge in [0.1, 0.15) is 6.04 Å². The number of carboxylic acids is 1. The molecule has 21 heavy (non-hydrogen) atoms. The van der Waals surface area contributed by atoms with Gasteiger partial charge >= 0.3 is 12.0 Å². The number of amides is 2. The first-order valence-electron chi connectivity index (χ1n) is 6.80. The van der Waals surface area contributed by atoms with Crippen molar-refractivity contribution in [3.63, 3.8) is 0 Å². The Morgan fingerprint density at radius 1 is 1.48 bits per heavy atom. The van der Waals surface area contributed by atoms with Crippen molar-refractivity contribution in [3.05, 3.63) is 30.1 Å². The molecule has 0 spiro atoms. The van der Waals surface area contributed by atoms with Gasteiger partial charge < -0.3 is 20.1 Å². The maximum absolute atomic E-state index is 12.1. The molecule has 7 heteroatoms. The van der Waals surface area contributed by atoms with E-state index in [0.717, 1.165) is 5.56 Å². The number of carboxylic acid groups (broad SMARTS) is 1. The maximum Gasteiger partial charge on any atom is 0.326 e. The number of aromatic nitrogens is 1. The number of methoxy groups -OCH3 is 1. The van der Waals surface area contributed by atoms with E-state index in [9.17, 15) is 9.59 Å². The molecule has 0 aromatic carbocycles. The smallest absolute Gasteiger partial charge is 0.326 e. The number of nitrogens with zero attached hydrogens (tertiary/aromatic N) is 2. The minimum absolute atomic E-state index is 0.225. The van der Waals surface area contributed by atoms with E-state index >= 15 is 0 Å². The van der Waals surface area contributed by atoms with E-state index in [1.807, 2.05) is 12.1 Å². The van der Waals surface area contributed by atoms with Crippen molar-refractivity contribution in [1.82, 2.24) is 15.2 Å². The largest absolute Gasteiger partial charge is 0.480 e. The second-order valence-electron chi connectivity index (χ2n) is 4.94. The van der Waals surface area contributed by atoms with Gasteiger partial charge in [-0.2, -0.15) is 0 Å². The van der Waals surface area contributed by atoms with Crippen molar-refractivity contribution in [1.29, 1.82) is 0 Å². The van der Waals surface area contributed by atoms with E-state index < -0.39 is 12.0 Å². The molecular weight excluding hydrogens is 274 g/mol. The summed E-state index contributed by atoms with van der Waals surface area (Å²) in [5.74, 6) is -1.00. The van der Waals surface area contributed by atoms with Gasteiger partial charge in [-0.1, -0.05) is 0 Å². The second kappa shape index (κ2) is 7.03. The first-order chi connectivity index (χ1) is 10.1. The van der Waals surface area contributed by atoms with Crippen LogP contribution in [0.4, 0.5) is 4.79 Å². The summed E-state index contributed by atoms with van der Waals surface area (Å²) in [6.45, 7) is 0.748. The number of rotatable bonds is 5. The molecule has 1 aliphatic rings. The normalized spacial score (nSPS) is 21.3. The number of hydrogen-bond donors (Lipinski definition) is 2. The molecule has 2 amide bonds. The topological polar surface area (TPSA) is 91.8 Å². The number of nitrogens with one attached hydrogen (secondary N) is 1. The van der Waals surface area contributed by atoms with E-state index in [-0.39, 0.29) is 12.1 Å². The maximum atomic E-state index is 12.1. The highest BCUT2D eigenvalue weighted by molar-refractivity contribution is 5.83. The number of pyridine rings is 1. The van der Waals surface area contributed by atoms with Crippen LogP contribution in [0.2, 0.25) is 0 Å². The molecule has 2 rings (SSSR count). The molecule has 2 N–H and O–H groups in total. The zero-order valence-electron chi connectivity index (χ0n) is 11.9. The number of hydrogen-bond acceptors (Lipinski definition) is 4. The minimum Gasteiger partial charge on any atom is -0.480 e. The summed E-state index contributed by atoms with van der Waals surface area (Å²) in [7, 11) is 1.52. The summed E-state index contributed by atoms with van der Waals surface area (Å²) in [5, 5.41) is 11.9. The predicted octanol–water partition coefficient (Wildman–Crippen LogP) is 0.508. The molecule has 114 valence electrons. The quantitative estimate of drug-likeness (QED) is 0.825. The Hall–Kier alpha value is -2.15. The van der Waals surface area contributed by atoms with Crippen LogP contribution in [0.15, 0.2) is 24.5 Å². The van der Waals surface area contributed by atoms with Crippen LogP contribution in [-0.2, 0) is 16.0 Å². The lowest BCUT2D eigenvalue weighted by Crippen LogP contribution is -2.46. The van der Waals surface area contributed by atoms with Gasteiger partial charge in [0.05, 0.1) is 6.10 Å². The summed E-state index contributed by atoms with van der Waals surface area (Å²) < 4.78 is 5.15. The molecule has 1 aromatic heterocycles. The molecule has 0 radical (unpaired) electrons. The highest BCUT2D eigenvalue weighted by Gasteiger charge is 2.39. The Kier molecular flexibility index (Phi) is 5.10. The number of likely N-dealkylation sites (tertiary alicyclic amines) is 1. The molecule has 0 saturated carbocycles. The van der Waals surface area contributed by atoms with Crippen molar-refractivity contribution in [3.8, 4) is 0 Å². The third kappa shape index (κ3) is 3.91. The zero-order chi connectivity index (χ0) is 15.2. The van der Waals surface area contributed by atoms with Crippen LogP contribution in [0.5, 0.6) is 0 Å². The van der Waals surface area contributed by atoms with E-state index in [1.54, 1.807) is 12.4 Å². The van der Waals surface area contributed by atoms with E-state index in [1.165, 1.54) is 12.0 Å². The fourth-order valence-corrected chi connectivity index (χ4v) is 2.39. The number of ether oxygens (including phenoxy) is 1. The standard InChI is InChI=1S/C14H19N3O4/c1-21-11-8-12(13(18)19)17(9-11)14(20)16-7-4-10-2-5-15-6-3-10/h2-3,5-6,11-12H,4,7-9H2,1H3,(H,16,20)(H,18,19). The molecule has 2 atom stereocenters. The summed E-state index contributed by atoms with van der Waals surface area (Å²) in [4.78, 5) is 28.5. The Balaban J connectivity index is 1.85. The first-order valence-corrected chi connectivity index (χ1v) is 6.80. The molecule has 7 nitrogen and oxygen atoms in total. The van der Waals surface area contributed by atoms with Gasteiger partial charge in [-0.05, 0) is 24.1 Å². The fraction of sp³-hybridized carbons (Fsp3) is 0.500. The van der Waals surface area contributed by atoms with Crippen molar-refractivity contribution in [2.45, 2.75) is 25.0 Å². The highest BCUT2D eigenvalue weighted by Crippen LogP contribution is 2.20. The Labute approximate surface area is 122 Å². The molecule has 2 unspecified atom stereocenters. The van der Waals surface area contributed by atoms with Crippen LogP contribution < -0.4 is 5.32 Å². The Morgan fingerprint density at radius 2 is 2.19 bits per heavy atom. The number of urea groups is 1. The van der Waals surface area contributed by atoms with Crippen molar-refractivity contribution < 1.29 is 19.4 Å². The molecule has 2 heterocycles. The van der Waals surface area contributed by atoms with Crippen LogP contribution in [-0.4, -0.2) is 59.3 Å². The predicted molar refractivity (Wildman–Crippen MR) is 74.9 cm³/mol. The average molecular weight is 293 g/mol. The van der Waals surface area contributed by atoms with Gasteiger partial charge in [0.15, 0.2) is 0 Å². The summed E-state index contributed by atoms with van der Waals surface area (Å²) in [5.41, 5.74) is 1.07. The lowest BCUT2D eigenvalue weighted by Gasteiger charge is -2.21. The number of carbonyl (C=O) groups is 2. The summed E-state index contributed by atoms with van der Waals surface area (Å²) in [6, 6.07) is 2.57. The SMILES string of the molecule is COC1CC(C(=O)O)N(C(=O)NCCc2ccncc2)C1. The number of carbonyl (C=O) groups excluding carboxylic acids is 1. The molecule has 0 aliphatic carbocycles. The van der Waals surface area contributed by atoms with Crippen LogP contribution in [0.3, 0.4) is 0 Å². The van der Waals surface area contributed by atoms with Gasteiger partial charge in [-0.3, -0.25) is 4.98 Å². The average Bonchev–Trinajstić information content (AvgIpc) is 2.93. The molecule has 1 saturated heterocycles. The molecule has 1 aliphatic heterocycles. The van der Waals surface area contributed by atoms with Crippen LogP contribution >= 0.6 is 0 Å². The highest BCUT2D eigenvalue weighted by atomic mass is 16.5. The van der Waals surface area contributed by atoms with Gasteiger partial charge in [-0.15, -0.1) is 0 Å². The third-order valence-corrected chi connectivity index (χ3v) is 3.58. The van der Waals surface area contributed by atoms with Crippen LogP contribution in [0, 0.1) is 0 Å². The molecule has 1 aromatic rings. The lowest BCUT2D eigenvalue weighted by molar-refractivity contribution is -0.141. The zero-order valence-corrected chi connectivity index (χ0v) is 11.9. The number of aliphatic carboxylic acids is 1. The van der Waals surface area contributed by atoms with E-state index in [4.69, 9.17) is 9.84 Å². The van der Waals surface area contributed by atoms with Crippen LogP contribution in [0.25, 0.3) is 0 Å². The Bertz CT molecular complexity index is 494. The van der Waals surface area contributed by atoms with Gasteiger partial charge in [0, 0.05) is 39.0 Å². The third-order valence-electron chi connectivity index (χ3n) is 3.58. The molecular formula is C14H19N3O4. The van der Waals surface area contributed by atoms with Gasteiger partial charge in [0.25, 0.3) is 0 Å². The van der Waals surface area contributed by atoms with Gasteiger partial charge in [-0.25, -0.2) is 9.59 Å². The molecule has 1 fully saturated rings. The fourth-order valence-electron chi connectivity index (χ4n) is 2.39. The first kappa shape index (κ1) is 15.2. The Morgan fingerprint density at radius 3 is 2.81 bits per heavy atom. The summed E-state index contributed by atoms with van der Waals surface area (Å²) >= 11 is 0. The van der Waals surface area contributed by atoms with Gasteiger partial charge in [0.2, 0.25) is 0 Å². The van der Waals surface area contributed by atoms with Crippen molar-refractivity contribution in [2.24, 2.45) is 0 Å². The second-order valence-corrected chi connectivity index (χ2v) is 4.94. The van der Waals surface area contributed by atoms with Crippen molar-refractivity contribution in [2.75, 3.05) is 20.2 Å². The minimum atomic E-state index is -1.00. The van der Waals surface area contributed by atoms with Crippen molar-refractivity contribution >= 4 is 12.0 Å².